The molecule has 10 heteroatoms. The van der Waals surface area contributed by atoms with E-state index in [-0.39, 0.29) is 15.6 Å². The van der Waals surface area contributed by atoms with Gasteiger partial charge in [0.05, 0.1) is 20.6 Å². The van der Waals surface area contributed by atoms with Gasteiger partial charge in [-0.15, -0.1) is 0 Å². The van der Waals surface area contributed by atoms with Crippen molar-refractivity contribution in [3.05, 3.63) is 52.8 Å². The molecule has 122 valence electrons. The van der Waals surface area contributed by atoms with Crippen LogP contribution in [-0.2, 0) is 10.0 Å². The van der Waals surface area contributed by atoms with Crippen molar-refractivity contribution >= 4 is 47.8 Å². The lowest BCUT2D eigenvalue weighted by atomic mass is 10.3. The first kappa shape index (κ1) is 14.8. The highest BCUT2D eigenvalue weighted by Crippen LogP contribution is 2.28. The Morgan fingerprint density at radius 1 is 1.21 bits per heavy atom. The number of anilines is 1. The Bertz CT molecular complexity index is 1240. The van der Waals surface area contributed by atoms with Gasteiger partial charge < -0.3 is 4.42 Å². The van der Waals surface area contributed by atoms with Gasteiger partial charge in [-0.3, -0.25) is 9.71 Å². The van der Waals surface area contributed by atoms with Gasteiger partial charge in [-0.05, 0) is 30.3 Å². The van der Waals surface area contributed by atoms with E-state index < -0.39 is 21.6 Å². The average molecular weight is 365 g/mol. The lowest BCUT2D eigenvalue weighted by Crippen LogP contribution is -2.12. The molecule has 2 aromatic heterocycles. The molecule has 0 amide bonds. The monoisotopic (exact) mass is 365 g/mol. The number of nitrogens with zero attached hydrogens (tertiary/aromatic N) is 1. The fraction of sp³-hybridized carbons (Fsp3) is 0. The van der Waals surface area contributed by atoms with Crippen LogP contribution in [0.4, 0.5) is 9.52 Å². The van der Waals surface area contributed by atoms with Crippen molar-refractivity contribution in [1.29, 1.82) is 0 Å². The van der Waals surface area contributed by atoms with Crippen molar-refractivity contribution in [2.24, 2.45) is 0 Å². The van der Waals surface area contributed by atoms with Gasteiger partial charge in [-0.25, -0.2) is 22.6 Å². The Kier molecular flexibility index (Phi) is 3.18. The predicted molar refractivity (Wildman–Crippen MR) is 87.2 cm³/mol. The zero-order valence-corrected chi connectivity index (χ0v) is 13.4. The number of sulfonamides is 1. The van der Waals surface area contributed by atoms with E-state index in [0.717, 1.165) is 11.3 Å². The molecule has 0 bridgehead atoms. The molecular weight excluding hydrogens is 357 g/mol. The summed E-state index contributed by atoms with van der Waals surface area (Å²) in [5.41, 5.74) is 1.02. The Balaban J connectivity index is 1.73. The number of hydrogen-bond donors (Lipinski definition) is 2. The Morgan fingerprint density at radius 3 is 2.88 bits per heavy atom. The van der Waals surface area contributed by atoms with Crippen LogP contribution < -0.4 is 10.5 Å². The standard InChI is InChI=1S/C14H8FN3O4S2/c15-7-1-3-10-12(5-7)23-13(16-10)18-24(20,21)8-2-4-9-11(6-8)22-14(19)17-9/h1-6H,(H,16,18)(H,17,19). The van der Waals surface area contributed by atoms with Crippen LogP contribution in [0.3, 0.4) is 0 Å². The number of rotatable bonds is 3. The first-order valence-electron chi connectivity index (χ1n) is 6.62. The minimum Gasteiger partial charge on any atom is -0.408 e. The SMILES string of the molecule is O=c1[nH]c2ccc(S(=O)(=O)Nc3nc4ccc(F)cc4s3)cc2o1. The van der Waals surface area contributed by atoms with E-state index in [2.05, 4.69) is 14.7 Å². The van der Waals surface area contributed by atoms with Crippen LogP contribution in [0.25, 0.3) is 21.3 Å². The van der Waals surface area contributed by atoms with Gasteiger partial charge in [0, 0.05) is 6.07 Å². The topological polar surface area (TPSA) is 105 Å². The van der Waals surface area contributed by atoms with Crippen molar-refractivity contribution in [2.45, 2.75) is 4.90 Å². The molecule has 0 radical (unpaired) electrons. The number of oxazole rings is 1. The molecule has 2 N–H and O–H groups in total. The molecule has 0 spiro atoms. The normalized spacial score (nSPS) is 12.0. The Labute approximate surface area is 137 Å². The highest BCUT2D eigenvalue weighted by Gasteiger charge is 2.18. The average Bonchev–Trinajstić information content (AvgIpc) is 3.06. The molecule has 24 heavy (non-hydrogen) atoms. The van der Waals surface area contributed by atoms with Crippen molar-refractivity contribution in [1.82, 2.24) is 9.97 Å². The van der Waals surface area contributed by atoms with Gasteiger partial charge in [-0.1, -0.05) is 11.3 Å². The van der Waals surface area contributed by atoms with Crippen LogP contribution in [0.15, 0.2) is 50.5 Å². The molecule has 2 heterocycles. The summed E-state index contributed by atoms with van der Waals surface area (Å²) in [4.78, 5) is 17.6. The molecule has 0 unspecified atom stereocenters. The van der Waals surface area contributed by atoms with Gasteiger partial charge >= 0.3 is 5.76 Å². The zero-order valence-electron chi connectivity index (χ0n) is 11.7. The third kappa shape index (κ3) is 2.55. The number of nitrogens with one attached hydrogen (secondary N) is 2. The number of benzene rings is 2. The van der Waals surface area contributed by atoms with Crippen molar-refractivity contribution in [3.8, 4) is 0 Å². The highest BCUT2D eigenvalue weighted by atomic mass is 32.2. The lowest BCUT2D eigenvalue weighted by molar-refractivity contribution is 0.554. The van der Waals surface area contributed by atoms with Gasteiger partial charge in [0.1, 0.15) is 5.82 Å². The maximum Gasteiger partial charge on any atom is 0.417 e. The first-order chi connectivity index (χ1) is 11.4. The van der Waals surface area contributed by atoms with Gasteiger partial charge in [0.15, 0.2) is 10.7 Å². The molecule has 0 fully saturated rings. The largest absolute Gasteiger partial charge is 0.417 e. The minimum atomic E-state index is -3.93. The summed E-state index contributed by atoms with van der Waals surface area (Å²) in [5.74, 6) is -1.09. The van der Waals surface area contributed by atoms with Gasteiger partial charge in [0.25, 0.3) is 10.0 Å². The Hall–Kier alpha value is -2.72. The summed E-state index contributed by atoms with van der Waals surface area (Å²) in [6.07, 6.45) is 0. The number of halogens is 1. The third-order valence-corrected chi connectivity index (χ3v) is 5.67. The molecule has 4 rings (SSSR count). The summed E-state index contributed by atoms with van der Waals surface area (Å²) in [5, 5.41) is 0.117. The van der Waals surface area contributed by atoms with Crippen LogP contribution in [-0.4, -0.2) is 18.4 Å². The number of aromatic amines is 1. The summed E-state index contributed by atoms with van der Waals surface area (Å²) in [6, 6.07) is 8.02. The van der Waals surface area contributed by atoms with E-state index in [1.807, 2.05) is 0 Å². The van der Waals surface area contributed by atoms with Crippen molar-refractivity contribution in [3.63, 3.8) is 0 Å². The maximum atomic E-state index is 13.2. The molecule has 0 atom stereocenters. The molecule has 4 aromatic rings. The van der Waals surface area contributed by atoms with Gasteiger partial charge in [0.2, 0.25) is 0 Å². The molecule has 0 aliphatic rings. The fourth-order valence-corrected chi connectivity index (χ4v) is 4.35. The predicted octanol–water partition coefficient (Wildman–Crippen LogP) is 2.67. The maximum absolute atomic E-state index is 13.2. The van der Waals surface area contributed by atoms with Crippen molar-refractivity contribution in [2.75, 3.05) is 4.72 Å². The molecule has 0 aliphatic heterocycles. The van der Waals surface area contributed by atoms with Crippen LogP contribution in [0, 0.1) is 5.82 Å². The van der Waals surface area contributed by atoms with E-state index in [0.29, 0.717) is 15.7 Å². The second-order valence-electron chi connectivity index (χ2n) is 4.91. The summed E-state index contributed by atoms with van der Waals surface area (Å²) < 4.78 is 45.8. The quantitative estimate of drug-likeness (QED) is 0.581. The Morgan fingerprint density at radius 2 is 2.04 bits per heavy atom. The highest BCUT2D eigenvalue weighted by molar-refractivity contribution is 7.93. The molecule has 2 aromatic carbocycles. The number of aromatic nitrogens is 2. The molecule has 0 saturated heterocycles. The smallest absolute Gasteiger partial charge is 0.408 e. The molecule has 0 saturated carbocycles. The first-order valence-corrected chi connectivity index (χ1v) is 8.92. The van der Waals surface area contributed by atoms with E-state index in [9.17, 15) is 17.6 Å². The van der Waals surface area contributed by atoms with E-state index in [1.54, 1.807) is 0 Å². The lowest BCUT2D eigenvalue weighted by Gasteiger charge is -2.04. The molecular formula is C14H8FN3O4S2. The van der Waals surface area contributed by atoms with Gasteiger partial charge in [-0.2, -0.15) is 0 Å². The molecule has 7 nitrogen and oxygen atoms in total. The summed E-state index contributed by atoms with van der Waals surface area (Å²) in [7, 11) is -3.93. The minimum absolute atomic E-state index is 0.0804. The van der Waals surface area contributed by atoms with Crippen LogP contribution >= 0.6 is 11.3 Å². The zero-order chi connectivity index (χ0) is 16.9. The number of fused-ring (bicyclic) bond motifs is 2. The number of H-pyrrole nitrogens is 1. The number of thiazole rings is 1. The van der Waals surface area contributed by atoms with E-state index in [4.69, 9.17) is 4.42 Å². The summed E-state index contributed by atoms with van der Waals surface area (Å²) in [6.45, 7) is 0. The third-order valence-electron chi connectivity index (χ3n) is 3.27. The van der Waals surface area contributed by atoms with Crippen molar-refractivity contribution < 1.29 is 17.2 Å². The fourth-order valence-electron chi connectivity index (χ4n) is 2.21. The molecule has 0 aliphatic carbocycles. The van der Waals surface area contributed by atoms with E-state index >= 15 is 0 Å². The summed E-state index contributed by atoms with van der Waals surface area (Å²) >= 11 is 1.02. The van der Waals surface area contributed by atoms with Crippen LogP contribution in [0.1, 0.15) is 0 Å². The second-order valence-corrected chi connectivity index (χ2v) is 7.62. The van der Waals surface area contributed by atoms with Crippen LogP contribution in [0.2, 0.25) is 0 Å². The van der Waals surface area contributed by atoms with E-state index in [1.165, 1.54) is 36.4 Å². The van der Waals surface area contributed by atoms with Crippen LogP contribution in [0.5, 0.6) is 0 Å². The second kappa shape index (κ2) is 5.14. The number of hydrogen-bond acceptors (Lipinski definition) is 6.